The normalized spacial score (nSPS) is 15.7. The molecule has 2 aromatic carbocycles. The lowest BCUT2D eigenvalue weighted by Crippen LogP contribution is -2.30. The van der Waals surface area contributed by atoms with Gasteiger partial charge in [-0.05, 0) is 40.3 Å². The number of amides is 1. The first-order valence-electron chi connectivity index (χ1n) is 7.85. The largest absolute Gasteiger partial charge is 0.506 e. The zero-order valence-electron chi connectivity index (χ0n) is 13.7. The van der Waals surface area contributed by atoms with E-state index in [2.05, 4.69) is 0 Å². The topological polar surface area (TPSA) is 86.7 Å². The molecule has 27 heavy (non-hydrogen) atoms. The number of phenolic OH excluding ortho intramolecular Hbond substituents is 1. The van der Waals surface area contributed by atoms with Crippen molar-refractivity contribution in [3.63, 3.8) is 0 Å². The first-order chi connectivity index (χ1) is 12.8. The van der Waals surface area contributed by atoms with E-state index >= 15 is 0 Å². The number of nitrogens with one attached hydrogen (secondary N) is 1. The van der Waals surface area contributed by atoms with Crippen LogP contribution in [-0.4, -0.2) is 26.0 Å². The number of halogens is 1. The number of rotatable bonds is 3. The van der Waals surface area contributed by atoms with Gasteiger partial charge in [-0.15, -0.1) is 11.3 Å². The Labute approximate surface area is 158 Å². The van der Waals surface area contributed by atoms with E-state index in [1.54, 1.807) is 4.72 Å². The summed E-state index contributed by atoms with van der Waals surface area (Å²) in [5.74, 6) is -2.27. The van der Waals surface area contributed by atoms with Crippen molar-refractivity contribution < 1.29 is 22.7 Å². The van der Waals surface area contributed by atoms with Crippen LogP contribution < -0.4 is 9.03 Å². The standard InChI is InChI=1S/C18H13FN2O4S2/c19-14-6-12(16-8-13(10-26-16)11-4-2-1-3-5-11)7-15(22)18(14)21-9-17(23)20-27(21,24)25/h1-8,10,22H,9H2,(H,20,23). The van der Waals surface area contributed by atoms with Crippen molar-refractivity contribution in [2.75, 3.05) is 10.8 Å². The van der Waals surface area contributed by atoms with Gasteiger partial charge >= 0.3 is 10.2 Å². The predicted octanol–water partition coefficient (Wildman–Crippen LogP) is 3.11. The van der Waals surface area contributed by atoms with Gasteiger partial charge in [-0.2, -0.15) is 8.42 Å². The van der Waals surface area contributed by atoms with Gasteiger partial charge in [0.05, 0.1) is 0 Å². The third-order valence-electron chi connectivity index (χ3n) is 4.10. The molecule has 0 atom stereocenters. The minimum absolute atomic E-state index is 0.414. The molecule has 138 valence electrons. The second kappa shape index (κ2) is 6.36. The summed E-state index contributed by atoms with van der Waals surface area (Å²) in [7, 11) is -4.21. The molecule has 3 aromatic rings. The summed E-state index contributed by atoms with van der Waals surface area (Å²) >= 11 is 1.38. The Kier molecular flexibility index (Phi) is 4.12. The Hall–Kier alpha value is -2.91. The van der Waals surface area contributed by atoms with Gasteiger partial charge in [-0.3, -0.25) is 4.79 Å². The molecule has 2 heterocycles. The number of phenols is 1. The highest BCUT2D eigenvalue weighted by Crippen LogP contribution is 2.40. The fourth-order valence-corrected chi connectivity index (χ4v) is 4.97. The molecule has 6 nitrogen and oxygen atoms in total. The van der Waals surface area contributed by atoms with Crippen LogP contribution in [0, 0.1) is 5.82 Å². The Morgan fingerprint density at radius 1 is 1.07 bits per heavy atom. The smallest absolute Gasteiger partial charge is 0.326 e. The van der Waals surface area contributed by atoms with Crippen LogP contribution in [0.5, 0.6) is 5.75 Å². The SMILES string of the molecule is O=C1CN(c2c(O)cc(-c3cc(-c4ccccc4)cs3)cc2F)S(=O)(=O)N1. The molecule has 0 radical (unpaired) electrons. The van der Waals surface area contributed by atoms with Crippen molar-refractivity contribution in [1.29, 1.82) is 0 Å². The molecule has 9 heteroatoms. The number of aromatic hydroxyl groups is 1. The minimum atomic E-state index is -4.21. The van der Waals surface area contributed by atoms with Crippen LogP contribution in [0.15, 0.2) is 53.9 Å². The Balaban J connectivity index is 1.73. The number of carbonyl (C=O) groups excluding carboxylic acids is 1. The van der Waals surface area contributed by atoms with Gasteiger partial charge in [0.25, 0.3) is 5.91 Å². The average Bonchev–Trinajstić information content (AvgIpc) is 3.20. The van der Waals surface area contributed by atoms with Crippen LogP contribution in [0.3, 0.4) is 0 Å². The third-order valence-corrected chi connectivity index (χ3v) is 6.46. The predicted molar refractivity (Wildman–Crippen MR) is 101 cm³/mol. The van der Waals surface area contributed by atoms with E-state index in [1.807, 2.05) is 41.8 Å². The van der Waals surface area contributed by atoms with Crippen LogP contribution in [0.25, 0.3) is 21.6 Å². The quantitative estimate of drug-likeness (QED) is 0.702. The molecule has 1 fully saturated rings. The lowest BCUT2D eigenvalue weighted by Gasteiger charge is -2.17. The van der Waals surface area contributed by atoms with E-state index in [0.29, 0.717) is 14.7 Å². The van der Waals surface area contributed by atoms with Crippen LogP contribution >= 0.6 is 11.3 Å². The van der Waals surface area contributed by atoms with Gasteiger partial charge in [-0.1, -0.05) is 30.3 Å². The van der Waals surface area contributed by atoms with E-state index in [1.165, 1.54) is 17.4 Å². The summed E-state index contributed by atoms with van der Waals surface area (Å²) in [6, 6.07) is 14.0. The molecule has 0 bridgehead atoms. The fraction of sp³-hybridized carbons (Fsp3) is 0.0556. The molecule has 0 aliphatic carbocycles. The average molecular weight is 404 g/mol. The van der Waals surface area contributed by atoms with E-state index < -0.39 is 39.9 Å². The van der Waals surface area contributed by atoms with Crippen LogP contribution in [0.2, 0.25) is 0 Å². The van der Waals surface area contributed by atoms with E-state index in [-0.39, 0.29) is 0 Å². The van der Waals surface area contributed by atoms with Crippen LogP contribution in [0.4, 0.5) is 10.1 Å². The molecule has 1 aromatic heterocycles. The number of anilines is 1. The van der Waals surface area contributed by atoms with E-state index in [4.69, 9.17) is 0 Å². The highest BCUT2D eigenvalue weighted by atomic mass is 32.2. The lowest BCUT2D eigenvalue weighted by atomic mass is 10.1. The van der Waals surface area contributed by atoms with Gasteiger partial charge in [0.15, 0.2) is 5.82 Å². The molecule has 4 rings (SSSR count). The van der Waals surface area contributed by atoms with Crippen molar-refractivity contribution in [2.45, 2.75) is 0 Å². The number of thiophene rings is 1. The molecule has 1 amide bonds. The van der Waals surface area contributed by atoms with Crippen LogP contribution in [-0.2, 0) is 15.0 Å². The number of nitrogens with zero attached hydrogens (tertiary/aromatic N) is 1. The molecule has 0 saturated carbocycles. The second-order valence-electron chi connectivity index (χ2n) is 5.93. The minimum Gasteiger partial charge on any atom is -0.506 e. The highest BCUT2D eigenvalue weighted by molar-refractivity contribution is 7.92. The number of hydrogen-bond acceptors (Lipinski definition) is 5. The number of benzene rings is 2. The third kappa shape index (κ3) is 3.15. The number of carbonyl (C=O) groups is 1. The van der Waals surface area contributed by atoms with Crippen molar-refractivity contribution in [3.8, 4) is 27.3 Å². The Morgan fingerprint density at radius 3 is 2.44 bits per heavy atom. The molecule has 1 aliphatic rings. The molecule has 2 N–H and O–H groups in total. The van der Waals surface area contributed by atoms with Crippen molar-refractivity contribution in [1.82, 2.24) is 4.72 Å². The van der Waals surface area contributed by atoms with Gasteiger partial charge in [0, 0.05) is 4.88 Å². The molecular weight excluding hydrogens is 391 g/mol. The molecule has 1 aliphatic heterocycles. The van der Waals surface area contributed by atoms with Gasteiger partial charge < -0.3 is 5.11 Å². The summed E-state index contributed by atoms with van der Waals surface area (Å²) in [6.45, 7) is -0.580. The maximum atomic E-state index is 14.6. The fourth-order valence-electron chi connectivity index (χ4n) is 2.89. The van der Waals surface area contributed by atoms with Crippen LogP contribution in [0.1, 0.15) is 0 Å². The zero-order chi connectivity index (χ0) is 19.2. The molecule has 1 saturated heterocycles. The van der Waals surface area contributed by atoms with Crippen molar-refractivity contribution in [2.24, 2.45) is 0 Å². The van der Waals surface area contributed by atoms with Gasteiger partial charge in [0.1, 0.15) is 18.0 Å². The number of hydrogen-bond donors (Lipinski definition) is 2. The van der Waals surface area contributed by atoms with Crippen molar-refractivity contribution in [3.05, 3.63) is 59.7 Å². The first-order valence-corrected chi connectivity index (χ1v) is 10.2. The molecular formula is C18H13FN2O4S2. The summed E-state index contributed by atoms with van der Waals surface area (Å²) in [5, 5.41) is 12.2. The Morgan fingerprint density at radius 2 is 1.81 bits per heavy atom. The highest BCUT2D eigenvalue weighted by Gasteiger charge is 2.37. The summed E-state index contributed by atoms with van der Waals surface area (Å²) < 4.78 is 40.7. The first kappa shape index (κ1) is 17.5. The second-order valence-corrected chi connectivity index (χ2v) is 8.43. The molecule has 0 spiro atoms. The van der Waals surface area contributed by atoms with Gasteiger partial charge in [0.2, 0.25) is 0 Å². The monoisotopic (exact) mass is 404 g/mol. The zero-order valence-corrected chi connectivity index (χ0v) is 15.3. The summed E-state index contributed by atoms with van der Waals surface area (Å²) in [4.78, 5) is 12.1. The van der Waals surface area contributed by atoms with Crippen molar-refractivity contribution >= 4 is 33.1 Å². The Bertz CT molecular complexity index is 1120. The molecule has 0 unspecified atom stereocenters. The summed E-state index contributed by atoms with van der Waals surface area (Å²) in [5.41, 5.74) is 1.83. The van der Waals surface area contributed by atoms with Gasteiger partial charge in [-0.25, -0.2) is 13.4 Å². The van der Waals surface area contributed by atoms with E-state index in [9.17, 15) is 22.7 Å². The lowest BCUT2D eigenvalue weighted by molar-refractivity contribution is -0.117. The maximum Gasteiger partial charge on any atom is 0.326 e. The van der Waals surface area contributed by atoms with E-state index in [0.717, 1.165) is 17.2 Å². The maximum absolute atomic E-state index is 14.6. The summed E-state index contributed by atoms with van der Waals surface area (Å²) in [6.07, 6.45) is 0.